The highest BCUT2D eigenvalue weighted by atomic mass is 16.5. The molecule has 8 nitrogen and oxygen atoms in total. The van der Waals surface area contributed by atoms with Gasteiger partial charge in [0.25, 0.3) is 5.91 Å². The summed E-state index contributed by atoms with van der Waals surface area (Å²) < 4.78 is 6.53. The number of pyridine rings is 1. The van der Waals surface area contributed by atoms with Crippen molar-refractivity contribution in [1.82, 2.24) is 25.1 Å². The fraction of sp³-hybridized carbons (Fsp3) is 0.471. The molecule has 0 aliphatic heterocycles. The van der Waals surface area contributed by atoms with Crippen LogP contribution >= 0.6 is 0 Å². The molecule has 25 heavy (non-hydrogen) atoms. The van der Waals surface area contributed by atoms with E-state index in [2.05, 4.69) is 27.3 Å². The van der Waals surface area contributed by atoms with Crippen molar-refractivity contribution in [2.75, 3.05) is 6.61 Å². The Morgan fingerprint density at radius 2 is 2.20 bits per heavy atom. The van der Waals surface area contributed by atoms with E-state index in [1.807, 2.05) is 0 Å². The molecule has 2 unspecified atom stereocenters. The van der Waals surface area contributed by atoms with E-state index >= 15 is 0 Å². The first-order valence-electron chi connectivity index (χ1n) is 8.41. The minimum absolute atomic E-state index is 0.157. The van der Waals surface area contributed by atoms with Crippen LogP contribution in [0.2, 0.25) is 0 Å². The molecule has 2 heterocycles. The maximum atomic E-state index is 12.3. The van der Waals surface area contributed by atoms with Gasteiger partial charge in [-0.25, -0.2) is 19.4 Å². The van der Waals surface area contributed by atoms with E-state index in [-0.39, 0.29) is 24.1 Å². The first kappa shape index (κ1) is 17.1. The van der Waals surface area contributed by atoms with Gasteiger partial charge < -0.3 is 10.1 Å². The van der Waals surface area contributed by atoms with Crippen LogP contribution in [0.4, 0.5) is 0 Å². The number of carbonyl (C=O) groups is 2. The van der Waals surface area contributed by atoms with Crippen LogP contribution in [-0.4, -0.2) is 44.3 Å². The maximum Gasteiger partial charge on any atom is 0.342 e. The van der Waals surface area contributed by atoms with Gasteiger partial charge in [-0.2, -0.15) is 5.10 Å². The topological polar surface area (TPSA) is 99.0 Å². The van der Waals surface area contributed by atoms with E-state index in [1.165, 1.54) is 23.8 Å². The van der Waals surface area contributed by atoms with Gasteiger partial charge in [-0.15, -0.1) is 0 Å². The smallest absolute Gasteiger partial charge is 0.342 e. The summed E-state index contributed by atoms with van der Waals surface area (Å²) in [5, 5.41) is 6.92. The number of hydrogen-bond donors (Lipinski definition) is 1. The zero-order valence-electron chi connectivity index (χ0n) is 14.1. The average molecular weight is 343 g/mol. The summed E-state index contributed by atoms with van der Waals surface area (Å²) >= 11 is 0. The third-order valence-corrected chi connectivity index (χ3v) is 4.43. The van der Waals surface area contributed by atoms with Crippen molar-refractivity contribution >= 4 is 11.9 Å². The van der Waals surface area contributed by atoms with Gasteiger partial charge >= 0.3 is 5.97 Å². The molecule has 8 heteroatoms. The average Bonchev–Trinajstić information content (AvgIpc) is 3.16. The molecule has 2 atom stereocenters. The fourth-order valence-electron chi connectivity index (χ4n) is 3.04. The van der Waals surface area contributed by atoms with E-state index in [0.29, 0.717) is 11.7 Å². The first-order chi connectivity index (χ1) is 12.1. The lowest BCUT2D eigenvalue weighted by molar-refractivity contribution is -0.125. The Morgan fingerprint density at radius 3 is 2.96 bits per heavy atom. The van der Waals surface area contributed by atoms with Crippen molar-refractivity contribution in [3.8, 4) is 5.82 Å². The molecule has 1 amide bonds. The van der Waals surface area contributed by atoms with Gasteiger partial charge in [0.15, 0.2) is 12.4 Å². The van der Waals surface area contributed by atoms with E-state index in [1.54, 1.807) is 18.3 Å². The Labute approximate surface area is 145 Å². The van der Waals surface area contributed by atoms with E-state index in [4.69, 9.17) is 4.74 Å². The lowest BCUT2D eigenvalue weighted by Crippen LogP contribution is -2.42. The van der Waals surface area contributed by atoms with Crippen molar-refractivity contribution in [3.63, 3.8) is 0 Å². The number of ether oxygens (including phenoxy) is 1. The molecule has 0 saturated heterocycles. The molecule has 1 aliphatic rings. The van der Waals surface area contributed by atoms with E-state index in [0.717, 1.165) is 19.3 Å². The summed E-state index contributed by atoms with van der Waals surface area (Å²) in [5.74, 6) is -0.138. The molecule has 0 aromatic carbocycles. The molecule has 1 N–H and O–H groups in total. The highest BCUT2D eigenvalue weighted by Gasteiger charge is 2.23. The second kappa shape index (κ2) is 7.87. The molecule has 1 aliphatic carbocycles. The zero-order chi connectivity index (χ0) is 17.6. The Balaban J connectivity index is 1.59. The standard InChI is InChI=1S/C17H21N5O3/c1-12-5-2-3-7-14(12)21-15(23)9-25-17(24)13-6-4-8-19-16(13)22-11-18-10-20-22/h4,6,8,10-12,14H,2-3,5,7,9H2,1H3,(H,21,23). The normalized spacial score (nSPS) is 20.0. The summed E-state index contributed by atoms with van der Waals surface area (Å²) in [6.45, 7) is 1.82. The van der Waals surface area contributed by atoms with E-state index in [9.17, 15) is 9.59 Å². The van der Waals surface area contributed by atoms with Gasteiger partial charge in [0, 0.05) is 12.2 Å². The molecule has 3 rings (SSSR count). The van der Waals surface area contributed by atoms with Crippen LogP contribution in [0.25, 0.3) is 5.82 Å². The molecular formula is C17H21N5O3. The largest absolute Gasteiger partial charge is 0.452 e. The third kappa shape index (κ3) is 4.20. The number of rotatable bonds is 5. The van der Waals surface area contributed by atoms with Crippen LogP contribution in [0.1, 0.15) is 43.0 Å². The number of nitrogens with zero attached hydrogens (tertiary/aromatic N) is 4. The van der Waals surface area contributed by atoms with Crippen molar-refractivity contribution < 1.29 is 14.3 Å². The Kier molecular flexibility index (Phi) is 5.37. The SMILES string of the molecule is CC1CCCCC1NC(=O)COC(=O)c1cccnc1-n1cncn1. The van der Waals surface area contributed by atoms with Gasteiger partial charge in [-0.05, 0) is 30.9 Å². The van der Waals surface area contributed by atoms with Crippen LogP contribution in [-0.2, 0) is 9.53 Å². The van der Waals surface area contributed by atoms with Gasteiger partial charge in [0.2, 0.25) is 0 Å². The lowest BCUT2D eigenvalue weighted by atomic mass is 9.86. The van der Waals surface area contributed by atoms with Crippen molar-refractivity contribution in [1.29, 1.82) is 0 Å². The zero-order valence-corrected chi connectivity index (χ0v) is 14.1. The number of amides is 1. The number of nitrogens with one attached hydrogen (secondary N) is 1. The van der Waals surface area contributed by atoms with Gasteiger partial charge in [-0.3, -0.25) is 4.79 Å². The Hall–Kier alpha value is -2.77. The summed E-state index contributed by atoms with van der Waals surface area (Å²) in [4.78, 5) is 32.4. The number of hydrogen-bond acceptors (Lipinski definition) is 6. The van der Waals surface area contributed by atoms with Crippen LogP contribution in [0.15, 0.2) is 31.0 Å². The molecule has 0 spiro atoms. The Morgan fingerprint density at radius 1 is 1.36 bits per heavy atom. The summed E-state index contributed by atoms with van der Waals surface area (Å²) in [6, 6.07) is 3.36. The minimum atomic E-state index is -0.620. The highest BCUT2D eigenvalue weighted by Crippen LogP contribution is 2.23. The Bertz CT molecular complexity index is 732. The maximum absolute atomic E-state index is 12.3. The van der Waals surface area contributed by atoms with Crippen LogP contribution in [0.3, 0.4) is 0 Å². The molecule has 0 radical (unpaired) electrons. The highest BCUT2D eigenvalue weighted by molar-refractivity contribution is 5.94. The van der Waals surface area contributed by atoms with Crippen molar-refractivity contribution in [2.45, 2.75) is 38.6 Å². The van der Waals surface area contributed by atoms with Crippen LogP contribution in [0.5, 0.6) is 0 Å². The molecule has 2 aromatic rings. The molecule has 1 fully saturated rings. The van der Waals surface area contributed by atoms with Gasteiger partial charge in [-0.1, -0.05) is 19.8 Å². The van der Waals surface area contributed by atoms with Crippen LogP contribution < -0.4 is 5.32 Å². The monoisotopic (exact) mass is 343 g/mol. The van der Waals surface area contributed by atoms with Crippen molar-refractivity contribution in [2.24, 2.45) is 5.92 Å². The predicted molar refractivity (Wildman–Crippen MR) is 89.0 cm³/mol. The lowest BCUT2D eigenvalue weighted by Gasteiger charge is -2.29. The second-order valence-electron chi connectivity index (χ2n) is 6.23. The number of esters is 1. The fourth-order valence-corrected chi connectivity index (χ4v) is 3.04. The van der Waals surface area contributed by atoms with E-state index < -0.39 is 5.97 Å². The molecule has 2 aromatic heterocycles. The second-order valence-corrected chi connectivity index (χ2v) is 6.23. The van der Waals surface area contributed by atoms with Crippen molar-refractivity contribution in [3.05, 3.63) is 36.5 Å². The molecule has 1 saturated carbocycles. The summed E-state index contributed by atoms with van der Waals surface area (Å²) in [6.07, 6.45) is 8.74. The summed E-state index contributed by atoms with van der Waals surface area (Å²) in [5.41, 5.74) is 0.229. The number of aromatic nitrogens is 4. The summed E-state index contributed by atoms with van der Waals surface area (Å²) in [7, 11) is 0. The predicted octanol–water partition coefficient (Wildman–Crippen LogP) is 1.51. The molecule has 132 valence electrons. The van der Waals surface area contributed by atoms with Gasteiger partial charge in [0.1, 0.15) is 18.2 Å². The molecular weight excluding hydrogens is 322 g/mol. The first-order valence-corrected chi connectivity index (χ1v) is 8.41. The van der Waals surface area contributed by atoms with Gasteiger partial charge in [0.05, 0.1) is 0 Å². The number of carbonyl (C=O) groups excluding carboxylic acids is 2. The van der Waals surface area contributed by atoms with Crippen LogP contribution in [0, 0.1) is 5.92 Å². The quantitative estimate of drug-likeness (QED) is 0.826. The molecule has 0 bridgehead atoms. The third-order valence-electron chi connectivity index (χ3n) is 4.43. The minimum Gasteiger partial charge on any atom is -0.452 e.